The van der Waals surface area contributed by atoms with Crippen LogP contribution in [0.1, 0.15) is 60.3 Å². The number of hydrogen-bond donors (Lipinski definition) is 5. The number of rotatable bonds is 13. The van der Waals surface area contributed by atoms with Crippen LogP contribution in [0.3, 0.4) is 0 Å². The van der Waals surface area contributed by atoms with Gasteiger partial charge in [0.25, 0.3) is 0 Å². The Morgan fingerprint density at radius 3 is 1.89 bits per heavy atom. The van der Waals surface area contributed by atoms with Gasteiger partial charge in [-0.1, -0.05) is 27.7 Å². The lowest BCUT2D eigenvalue weighted by atomic mass is 10.0. The van der Waals surface area contributed by atoms with E-state index < -0.39 is 41.9 Å². The van der Waals surface area contributed by atoms with Gasteiger partial charge in [0.1, 0.15) is 18.2 Å². The lowest BCUT2D eigenvalue weighted by Crippen LogP contribution is -2.54. The van der Waals surface area contributed by atoms with E-state index in [1.165, 1.54) is 6.92 Å². The second-order valence-corrected chi connectivity index (χ2v) is 7.85. The van der Waals surface area contributed by atoms with Crippen molar-refractivity contribution < 1.29 is 29.4 Å². The maximum absolute atomic E-state index is 12.4. The number of carbonyl (C=O) groups excluding carboxylic acids is 3. The lowest BCUT2D eigenvalue weighted by Gasteiger charge is -2.23. The van der Waals surface area contributed by atoms with Gasteiger partial charge in [-0.2, -0.15) is 0 Å². The third kappa shape index (κ3) is 11.5. The van der Waals surface area contributed by atoms with E-state index >= 15 is 0 Å². The molecule has 0 fully saturated rings. The van der Waals surface area contributed by atoms with E-state index in [1.807, 2.05) is 27.7 Å². The van der Waals surface area contributed by atoms with Crippen LogP contribution in [0.15, 0.2) is 0 Å². The first kappa shape index (κ1) is 25.8. The molecule has 9 heteroatoms. The molecule has 3 atom stereocenters. The first-order valence-electron chi connectivity index (χ1n) is 9.72. The number of carboxylic acid groups (broad SMARTS) is 1. The molecule has 0 heterocycles. The van der Waals surface area contributed by atoms with Crippen molar-refractivity contribution in [3.63, 3.8) is 0 Å². The molecule has 0 aliphatic carbocycles. The smallest absolute Gasteiger partial charge is 0.303 e. The molecule has 0 unspecified atom stereocenters. The van der Waals surface area contributed by atoms with E-state index in [4.69, 9.17) is 5.11 Å². The molecule has 0 radical (unpaired) electrons. The standard InChI is InChI=1S/C19H35N3O6/c1-11(2)9-14(18(27)20-8-6-7-16(24)25)22-17(26)13(5)21-19(28)15(23)10-12(3)4/h11-15,23H,6-10H2,1-5H3,(H,20,27)(H,21,28)(H,22,26)(H,24,25)/t13-,14-,15-/m1/s1. The average Bonchev–Trinajstić information content (AvgIpc) is 2.56. The normalized spacial score (nSPS) is 14.3. The number of carbonyl (C=O) groups is 4. The first-order valence-corrected chi connectivity index (χ1v) is 9.72. The molecule has 28 heavy (non-hydrogen) atoms. The predicted octanol–water partition coefficient (Wildman–Crippen LogP) is 0.410. The summed E-state index contributed by atoms with van der Waals surface area (Å²) >= 11 is 0. The van der Waals surface area contributed by atoms with E-state index in [-0.39, 0.29) is 31.2 Å². The Morgan fingerprint density at radius 1 is 0.821 bits per heavy atom. The van der Waals surface area contributed by atoms with Crippen molar-refractivity contribution in [3.05, 3.63) is 0 Å². The number of aliphatic carboxylic acids is 1. The van der Waals surface area contributed by atoms with E-state index in [2.05, 4.69) is 16.0 Å². The van der Waals surface area contributed by atoms with Gasteiger partial charge in [0, 0.05) is 13.0 Å². The molecule has 0 aliphatic rings. The number of nitrogens with one attached hydrogen (secondary N) is 3. The Kier molecular flexibility index (Phi) is 12.1. The minimum absolute atomic E-state index is 0.0523. The molecule has 0 spiro atoms. The van der Waals surface area contributed by atoms with Gasteiger partial charge in [0.2, 0.25) is 17.7 Å². The summed E-state index contributed by atoms with van der Waals surface area (Å²) in [5.41, 5.74) is 0. The molecule has 5 N–H and O–H groups in total. The SMILES string of the molecule is CC(C)C[C@@H](O)C(=O)N[C@H](C)C(=O)N[C@H](CC(C)C)C(=O)NCCCC(=O)O. The minimum Gasteiger partial charge on any atom is -0.481 e. The van der Waals surface area contributed by atoms with Crippen LogP contribution in [0.2, 0.25) is 0 Å². The van der Waals surface area contributed by atoms with Crippen molar-refractivity contribution in [2.24, 2.45) is 11.8 Å². The lowest BCUT2D eigenvalue weighted by molar-refractivity contribution is -0.137. The highest BCUT2D eigenvalue weighted by atomic mass is 16.4. The van der Waals surface area contributed by atoms with Crippen LogP contribution in [0.25, 0.3) is 0 Å². The summed E-state index contributed by atoms with van der Waals surface area (Å²) in [6.45, 7) is 9.24. The van der Waals surface area contributed by atoms with Gasteiger partial charge >= 0.3 is 5.97 Å². The molecule has 0 aliphatic heterocycles. The van der Waals surface area contributed by atoms with E-state index in [9.17, 15) is 24.3 Å². The summed E-state index contributed by atoms with van der Waals surface area (Å²) in [6, 6.07) is -1.71. The monoisotopic (exact) mass is 401 g/mol. The Bertz CT molecular complexity index is 536. The first-order chi connectivity index (χ1) is 12.9. The molecule has 0 rings (SSSR count). The fourth-order valence-electron chi connectivity index (χ4n) is 2.50. The molecule has 0 aromatic rings. The molecule has 0 saturated carbocycles. The van der Waals surface area contributed by atoms with Crippen LogP contribution < -0.4 is 16.0 Å². The number of amides is 3. The highest BCUT2D eigenvalue weighted by Gasteiger charge is 2.26. The molecule has 9 nitrogen and oxygen atoms in total. The van der Waals surface area contributed by atoms with Crippen LogP contribution in [-0.2, 0) is 19.2 Å². The van der Waals surface area contributed by atoms with Crippen LogP contribution in [0.4, 0.5) is 0 Å². The molecule has 0 saturated heterocycles. The van der Waals surface area contributed by atoms with Gasteiger partial charge in [0.05, 0.1) is 0 Å². The Morgan fingerprint density at radius 2 is 1.39 bits per heavy atom. The number of aliphatic hydroxyl groups excluding tert-OH is 1. The zero-order valence-electron chi connectivity index (χ0n) is 17.4. The maximum atomic E-state index is 12.4. The second kappa shape index (κ2) is 13.1. The van der Waals surface area contributed by atoms with Crippen molar-refractivity contribution in [2.45, 2.75) is 78.5 Å². The van der Waals surface area contributed by atoms with Crippen molar-refractivity contribution >= 4 is 23.7 Å². The minimum atomic E-state index is -1.20. The zero-order valence-corrected chi connectivity index (χ0v) is 17.4. The number of hydrogen-bond acceptors (Lipinski definition) is 5. The summed E-state index contributed by atoms with van der Waals surface area (Å²) in [5, 5.41) is 26.1. The largest absolute Gasteiger partial charge is 0.481 e. The Labute approximate surface area is 166 Å². The summed E-state index contributed by atoms with van der Waals surface area (Å²) < 4.78 is 0. The predicted molar refractivity (Wildman–Crippen MR) is 104 cm³/mol. The molecule has 0 bridgehead atoms. The summed E-state index contributed by atoms with van der Waals surface area (Å²) in [5.74, 6) is -2.24. The maximum Gasteiger partial charge on any atom is 0.303 e. The Hall–Kier alpha value is -2.16. The highest BCUT2D eigenvalue weighted by molar-refractivity contribution is 5.92. The van der Waals surface area contributed by atoms with Gasteiger partial charge in [0.15, 0.2) is 0 Å². The van der Waals surface area contributed by atoms with Gasteiger partial charge in [-0.15, -0.1) is 0 Å². The molecular formula is C19H35N3O6. The van der Waals surface area contributed by atoms with Crippen LogP contribution >= 0.6 is 0 Å². The number of carboxylic acids is 1. The number of aliphatic hydroxyl groups is 1. The van der Waals surface area contributed by atoms with E-state index in [0.29, 0.717) is 12.8 Å². The van der Waals surface area contributed by atoms with Crippen LogP contribution in [0.5, 0.6) is 0 Å². The van der Waals surface area contributed by atoms with Gasteiger partial charge in [-0.3, -0.25) is 19.2 Å². The summed E-state index contributed by atoms with van der Waals surface area (Å²) in [7, 11) is 0. The average molecular weight is 402 g/mol. The third-order valence-corrected chi connectivity index (χ3v) is 3.96. The fraction of sp³-hybridized carbons (Fsp3) is 0.789. The molecular weight excluding hydrogens is 366 g/mol. The van der Waals surface area contributed by atoms with Gasteiger partial charge in [-0.25, -0.2) is 0 Å². The molecule has 3 amide bonds. The second-order valence-electron chi connectivity index (χ2n) is 7.85. The topological polar surface area (TPSA) is 145 Å². The van der Waals surface area contributed by atoms with Crippen molar-refractivity contribution in [3.8, 4) is 0 Å². The van der Waals surface area contributed by atoms with Crippen LogP contribution in [-0.4, -0.2) is 58.6 Å². The van der Waals surface area contributed by atoms with E-state index in [1.54, 1.807) is 0 Å². The van der Waals surface area contributed by atoms with E-state index in [0.717, 1.165) is 0 Å². The fourth-order valence-corrected chi connectivity index (χ4v) is 2.50. The zero-order chi connectivity index (χ0) is 21.9. The summed E-state index contributed by atoms with van der Waals surface area (Å²) in [4.78, 5) is 47.2. The molecule has 0 aromatic heterocycles. The molecule has 0 aromatic carbocycles. The third-order valence-electron chi connectivity index (χ3n) is 3.96. The van der Waals surface area contributed by atoms with Crippen molar-refractivity contribution in [2.75, 3.05) is 6.54 Å². The van der Waals surface area contributed by atoms with Crippen molar-refractivity contribution in [1.29, 1.82) is 0 Å². The summed E-state index contributed by atoms with van der Waals surface area (Å²) in [6.07, 6.45) is -0.270. The highest BCUT2D eigenvalue weighted by Crippen LogP contribution is 2.07. The van der Waals surface area contributed by atoms with Gasteiger partial charge < -0.3 is 26.2 Å². The Balaban J connectivity index is 4.71. The molecule has 162 valence electrons. The van der Waals surface area contributed by atoms with Crippen molar-refractivity contribution in [1.82, 2.24) is 16.0 Å². The van der Waals surface area contributed by atoms with Gasteiger partial charge in [-0.05, 0) is 38.0 Å². The van der Waals surface area contributed by atoms with Crippen LogP contribution in [0, 0.1) is 11.8 Å². The quantitative estimate of drug-likeness (QED) is 0.283.